The molecule has 2 aromatic carbocycles. The highest BCUT2D eigenvalue weighted by Gasteiger charge is 2.30. The second-order valence-electron chi connectivity index (χ2n) is 6.43. The molecular formula is C21H20F3N3O2. The smallest absolute Gasteiger partial charge is 0.416 e. The third-order valence-corrected chi connectivity index (χ3v) is 4.28. The van der Waals surface area contributed by atoms with Crippen molar-refractivity contribution < 1.29 is 22.7 Å². The first-order valence-electron chi connectivity index (χ1n) is 9.04. The van der Waals surface area contributed by atoms with Crippen LogP contribution in [0.3, 0.4) is 0 Å². The average molecular weight is 403 g/mol. The van der Waals surface area contributed by atoms with E-state index in [4.69, 9.17) is 4.74 Å². The Morgan fingerprint density at radius 3 is 2.55 bits per heavy atom. The van der Waals surface area contributed by atoms with Gasteiger partial charge in [0.2, 0.25) is 0 Å². The van der Waals surface area contributed by atoms with Crippen molar-refractivity contribution in [2.24, 2.45) is 0 Å². The van der Waals surface area contributed by atoms with E-state index in [1.807, 2.05) is 17.7 Å². The molecule has 0 unspecified atom stereocenters. The first kappa shape index (κ1) is 20.4. The van der Waals surface area contributed by atoms with E-state index in [0.717, 1.165) is 30.9 Å². The largest absolute Gasteiger partial charge is 0.457 e. The predicted molar refractivity (Wildman–Crippen MR) is 102 cm³/mol. The maximum absolute atomic E-state index is 12.8. The first-order valence-corrected chi connectivity index (χ1v) is 9.04. The maximum Gasteiger partial charge on any atom is 0.416 e. The van der Waals surface area contributed by atoms with Crippen LogP contribution in [0, 0.1) is 6.92 Å². The summed E-state index contributed by atoms with van der Waals surface area (Å²) in [6, 6.07) is 10.9. The Bertz CT molecular complexity index is 983. The molecule has 0 radical (unpaired) electrons. The number of rotatable bonds is 7. The Labute approximate surface area is 166 Å². The number of nitrogens with one attached hydrogen (secondary N) is 1. The standard InChI is InChI=1S/C21H20F3N3O2/c1-15-25-10-12-27(15)11-4-9-26-20(28)16-5-2-7-18(13-16)29-19-8-3-6-17(14-19)21(22,23)24/h2-3,5-8,10,12-14H,4,9,11H2,1H3,(H,26,28). The van der Waals surface area contributed by atoms with Crippen LogP contribution in [0.5, 0.6) is 11.5 Å². The number of halogens is 3. The number of ether oxygens (including phenoxy) is 1. The van der Waals surface area contributed by atoms with Crippen LogP contribution in [0.4, 0.5) is 13.2 Å². The zero-order valence-electron chi connectivity index (χ0n) is 15.7. The fraction of sp³-hybridized carbons (Fsp3) is 0.238. The van der Waals surface area contributed by atoms with E-state index in [-0.39, 0.29) is 17.4 Å². The van der Waals surface area contributed by atoms with Crippen molar-refractivity contribution >= 4 is 5.91 Å². The summed E-state index contributed by atoms with van der Waals surface area (Å²) in [5.41, 5.74) is -0.426. The second kappa shape index (κ2) is 8.81. The van der Waals surface area contributed by atoms with Crippen LogP contribution in [-0.4, -0.2) is 22.0 Å². The number of benzene rings is 2. The number of carbonyl (C=O) groups excluding carboxylic acids is 1. The van der Waals surface area contributed by atoms with Gasteiger partial charge in [-0.25, -0.2) is 4.98 Å². The lowest BCUT2D eigenvalue weighted by Crippen LogP contribution is -2.25. The molecule has 29 heavy (non-hydrogen) atoms. The van der Waals surface area contributed by atoms with Gasteiger partial charge in [0, 0.05) is 31.0 Å². The van der Waals surface area contributed by atoms with Gasteiger partial charge in [-0.3, -0.25) is 4.79 Å². The number of carbonyl (C=O) groups is 1. The molecule has 0 aliphatic heterocycles. The quantitative estimate of drug-likeness (QED) is 0.576. The van der Waals surface area contributed by atoms with Gasteiger partial charge in [0.1, 0.15) is 17.3 Å². The fourth-order valence-electron chi connectivity index (χ4n) is 2.77. The van der Waals surface area contributed by atoms with E-state index in [2.05, 4.69) is 10.3 Å². The van der Waals surface area contributed by atoms with Gasteiger partial charge in [-0.15, -0.1) is 0 Å². The number of aryl methyl sites for hydroxylation is 2. The molecule has 5 nitrogen and oxygen atoms in total. The minimum Gasteiger partial charge on any atom is -0.457 e. The molecule has 0 saturated heterocycles. The van der Waals surface area contributed by atoms with E-state index < -0.39 is 11.7 Å². The van der Waals surface area contributed by atoms with Crippen LogP contribution in [0.25, 0.3) is 0 Å². The highest BCUT2D eigenvalue weighted by Crippen LogP contribution is 2.32. The van der Waals surface area contributed by atoms with E-state index >= 15 is 0 Å². The normalized spacial score (nSPS) is 11.3. The van der Waals surface area contributed by atoms with Gasteiger partial charge in [-0.1, -0.05) is 12.1 Å². The minimum absolute atomic E-state index is 0.0492. The summed E-state index contributed by atoms with van der Waals surface area (Å²) in [6.07, 6.45) is -0.102. The van der Waals surface area contributed by atoms with Gasteiger partial charge in [-0.2, -0.15) is 13.2 Å². The van der Waals surface area contributed by atoms with E-state index in [1.165, 1.54) is 18.2 Å². The second-order valence-corrected chi connectivity index (χ2v) is 6.43. The predicted octanol–water partition coefficient (Wildman–Crippen LogP) is 4.82. The molecule has 0 atom stereocenters. The topological polar surface area (TPSA) is 56.2 Å². The molecule has 1 N–H and O–H groups in total. The van der Waals surface area contributed by atoms with Gasteiger partial charge in [0.25, 0.3) is 5.91 Å². The lowest BCUT2D eigenvalue weighted by Gasteiger charge is -2.11. The summed E-state index contributed by atoms with van der Waals surface area (Å²) in [5.74, 6) is 0.969. The molecule has 8 heteroatoms. The molecule has 0 fully saturated rings. The lowest BCUT2D eigenvalue weighted by atomic mass is 10.2. The Balaban J connectivity index is 1.57. The Hall–Kier alpha value is -3.29. The molecule has 1 heterocycles. The van der Waals surface area contributed by atoms with Crippen molar-refractivity contribution in [2.75, 3.05) is 6.54 Å². The third-order valence-electron chi connectivity index (χ3n) is 4.28. The summed E-state index contributed by atoms with van der Waals surface area (Å²) >= 11 is 0. The number of alkyl halides is 3. The van der Waals surface area contributed by atoms with Gasteiger partial charge in [0.05, 0.1) is 5.56 Å². The molecule has 0 spiro atoms. The summed E-state index contributed by atoms with van der Waals surface area (Å²) in [6.45, 7) is 3.13. The van der Waals surface area contributed by atoms with Crippen molar-refractivity contribution in [3.8, 4) is 11.5 Å². The van der Waals surface area contributed by atoms with Gasteiger partial charge < -0.3 is 14.6 Å². The van der Waals surface area contributed by atoms with E-state index in [1.54, 1.807) is 24.4 Å². The number of hydrogen-bond donors (Lipinski definition) is 1. The molecular weight excluding hydrogens is 383 g/mol. The Kier molecular flexibility index (Phi) is 6.21. The van der Waals surface area contributed by atoms with Crippen molar-refractivity contribution in [3.05, 3.63) is 77.9 Å². The summed E-state index contributed by atoms with van der Waals surface area (Å²) < 4.78 is 46.0. The zero-order valence-corrected chi connectivity index (χ0v) is 15.7. The minimum atomic E-state index is -4.45. The molecule has 1 amide bonds. The van der Waals surface area contributed by atoms with Crippen LogP contribution in [0.15, 0.2) is 60.9 Å². The molecule has 1 aromatic heterocycles. The molecule has 0 saturated carbocycles. The van der Waals surface area contributed by atoms with Gasteiger partial charge >= 0.3 is 6.18 Å². The monoisotopic (exact) mass is 403 g/mol. The summed E-state index contributed by atoms with van der Waals surface area (Å²) in [5, 5.41) is 2.82. The number of hydrogen-bond acceptors (Lipinski definition) is 3. The number of aromatic nitrogens is 2. The maximum atomic E-state index is 12.8. The highest BCUT2D eigenvalue weighted by molar-refractivity contribution is 5.94. The van der Waals surface area contributed by atoms with Crippen molar-refractivity contribution in [1.29, 1.82) is 0 Å². The van der Waals surface area contributed by atoms with Crippen LogP contribution in [0.1, 0.15) is 28.2 Å². The van der Waals surface area contributed by atoms with Crippen molar-refractivity contribution in [2.45, 2.75) is 26.1 Å². The zero-order chi connectivity index (χ0) is 20.9. The number of imidazole rings is 1. The van der Waals surface area contributed by atoms with E-state index in [9.17, 15) is 18.0 Å². The average Bonchev–Trinajstić information content (AvgIpc) is 3.09. The van der Waals surface area contributed by atoms with Crippen molar-refractivity contribution in [1.82, 2.24) is 14.9 Å². The summed E-state index contributed by atoms with van der Waals surface area (Å²) in [7, 11) is 0. The highest BCUT2D eigenvalue weighted by atomic mass is 19.4. The van der Waals surface area contributed by atoms with Crippen molar-refractivity contribution in [3.63, 3.8) is 0 Å². The Morgan fingerprint density at radius 2 is 1.86 bits per heavy atom. The van der Waals surface area contributed by atoms with Gasteiger partial charge in [-0.05, 0) is 49.7 Å². The Morgan fingerprint density at radius 1 is 1.14 bits per heavy atom. The van der Waals surface area contributed by atoms with E-state index in [0.29, 0.717) is 12.1 Å². The fourth-order valence-corrected chi connectivity index (χ4v) is 2.77. The lowest BCUT2D eigenvalue weighted by molar-refractivity contribution is -0.137. The molecule has 0 aliphatic rings. The SMILES string of the molecule is Cc1nccn1CCCNC(=O)c1cccc(Oc2cccc(C(F)(F)F)c2)c1. The number of amides is 1. The molecule has 3 rings (SSSR count). The van der Waals surface area contributed by atoms with Crippen LogP contribution in [0.2, 0.25) is 0 Å². The molecule has 0 bridgehead atoms. The molecule has 3 aromatic rings. The molecule has 0 aliphatic carbocycles. The first-order chi connectivity index (χ1) is 13.8. The third kappa shape index (κ3) is 5.60. The van der Waals surface area contributed by atoms with Crippen LogP contribution >= 0.6 is 0 Å². The summed E-state index contributed by atoms with van der Waals surface area (Å²) in [4.78, 5) is 16.5. The number of nitrogens with zero attached hydrogens (tertiary/aromatic N) is 2. The van der Waals surface area contributed by atoms with Crippen LogP contribution < -0.4 is 10.1 Å². The molecule has 152 valence electrons. The van der Waals surface area contributed by atoms with Gasteiger partial charge in [0.15, 0.2) is 0 Å². The van der Waals surface area contributed by atoms with Crippen LogP contribution in [-0.2, 0) is 12.7 Å².